The second kappa shape index (κ2) is 8.04. The van der Waals surface area contributed by atoms with Gasteiger partial charge in [0.1, 0.15) is 26.3 Å². The number of aromatic nitrogens is 2. The maximum Gasteiger partial charge on any atom is 0.162 e. The van der Waals surface area contributed by atoms with Crippen molar-refractivity contribution in [1.82, 2.24) is 9.97 Å². The van der Waals surface area contributed by atoms with E-state index in [0.717, 1.165) is 0 Å². The van der Waals surface area contributed by atoms with Crippen LogP contribution in [-0.4, -0.2) is 15.0 Å². The maximum atomic E-state index is 9.98. The molecule has 3 N–H and O–H groups in total. The van der Waals surface area contributed by atoms with Gasteiger partial charge in [-0.1, -0.05) is 46.4 Å². The van der Waals surface area contributed by atoms with Crippen molar-refractivity contribution in [2.24, 2.45) is 0 Å². The Balaban J connectivity index is 0.000000219. The van der Waals surface area contributed by atoms with Gasteiger partial charge in [-0.15, -0.1) is 5.43 Å². The minimum absolute atomic E-state index is 0.104. The minimum Gasteiger partial charge on any atom is -0.399 e. The zero-order valence-corrected chi connectivity index (χ0v) is 13.1. The van der Waals surface area contributed by atoms with Crippen molar-refractivity contribution in [1.29, 1.82) is 0 Å². The lowest BCUT2D eigenvalue weighted by Crippen LogP contribution is -2.07. The number of nitro groups is 1. The van der Waals surface area contributed by atoms with Gasteiger partial charge in [-0.2, -0.15) is 0 Å². The lowest BCUT2D eigenvalue weighted by atomic mass is 10.4. The molecule has 0 aliphatic carbocycles. The highest BCUT2D eigenvalue weighted by Gasteiger charge is 2.02. The van der Waals surface area contributed by atoms with Crippen molar-refractivity contribution < 1.29 is 5.03 Å². The van der Waals surface area contributed by atoms with Crippen LogP contribution in [0.4, 0.5) is 11.4 Å². The number of hydrogen-bond donors (Lipinski definition) is 2. The van der Waals surface area contributed by atoms with Crippen LogP contribution in [0, 0.1) is 10.1 Å². The van der Waals surface area contributed by atoms with Crippen molar-refractivity contribution in [3.63, 3.8) is 0 Å². The minimum atomic E-state index is -0.706. The molecule has 0 radical (unpaired) electrons. The van der Waals surface area contributed by atoms with E-state index in [2.05, 4.69) is 9.97 Å². The van der Waals surface area contributed by atoms with Gasteiger partial charge < -0.3 is 5.73 Å². The van der Waals surface area contributed by atoms with E-state index in [4.69, 9.17) is 52.1 Å². The molecule has 0 aliphatic heterocycles. The average molecular weight is 371 g/mol. The van der Waals surface area contributed by atoms with Crippen LogP contribution in [0.3, 0.4) is 0 Å². The van der Waals surface area contributed by atoms with Crippen molar-refractivity contribution >= 4 is 57.8 Å². The normalized spacial score (nSPS) is 9.52. The summed E-state index contributed by atoms with van der Waals surface area (Å²) in [6.45, 7) is 0. The fraction of sp³-hybridized carbons (Fsp3) is 0. The molecular formula is C10H7Cl4N5O2. The van der Waals surface area contributed by atoms with Crippen LogP contribution in [0.5, 0.6) is 0 Å². The van der Waals surface area contributed by atoms with Crippen molar-refractivity contribution in [3.8, 4) is 0 Å². The predicted molar refractivity (Wildman–Crippen MR) is 83.5 cm³/mol. The Morgan fingerprint density at radius 3 is 1.67 bits per heavy atom. The van der Waals surface area contributed by atoms with E-state index in [-0.39, 0.29) is 16.0 Å². The number of nitrogens with zero attached hydrogens (tertiary/aromatic N) is 3. The van der Waals surface area contributed by atoms with Crippen molar-refractivity contribution in [3.05, 3.63) is 55.0 Å². The van der Waals surface area contributed by atoms with Crippen LogP contribution in [0.2, 0.25) is 20.6 Å². The topological polar surface area (TPSA) is 107 Å². The van der Waals surface area contributed by atoms with Crippen LogP contribution in [0.25, 0.3) is 0 Å². The van der Waals surface area contributed by atoms with E-state index in [1.807, 2.05) is 5.43 Å². The number of rotatable bonds is 2. The van der Waals surface area contributed by atoms with E-state index in [1.54, 1.807) is 0 Å². The summed E-state index contributed by atoms with van der Waals surface area (Å²) in [7, 11) is 0. The van der Waals surface area contributed by atoms with Gasteiger partial charge in [0.25, 0.3) is 0 Å². The Morgan fingerprint density at radius 1 is 0.952 bits per heavy atom. The molecule has 0 aromatic carbocycles. The highest BCUT2D eigenvalue weighted by atomic mass is 35.5. The molecule has 0 fully saturated rings. The summed E-state index contributed by atoms with van der Waals surface area (Å²) in [6, 6.07) is 5.67. The monoisotopic (exact) mass is 369 g/mol. The smallest absolute Gasteiger partial charge is 0.162 e. The van der Waals surface area contributed by atoms with Crippen LogP contribution in [-0.2, 0) is 0 Å². The Morgan fingerprint density at radius 2 is 1.33 bits per heavy atom. The van der Waals surface area contributed by atoms with Gasteiger partial charge in [0, 0.05) is 17.8 Å². The van der Waals surface area contributed by atoms with Crippen LogP contribution >= 0.6 is 46.4 Å². The van der Waals surface area contributed by atoms with Crippen LogP contribution in [0.15, 0.2) is 24.3 Å². The van der Waals surface area contributed by atoms with Gasteiger partial charge in [-0.25, -0.2) is 20.1 Å². The first-order valence-corrected chi connectivity index (χ1v) is 6.60. The number of halogens is 4. The number of nitrogen functional groups attached to an aromatic ring is 1. The fourth-order valence-corrected chi connectivity index (χ4v) is 2.06. The molecule has 0 atom stereocenters. The predicted octanol–water partition coefficient (Wildman–Crippen LogP) is 3.96. The molecule has 0 bridgehead atoms. The number of hydrogen-bond acceptors (Lipinski definition) is 5. The number of hydrazine groups is 1. The van der Waals surface area contributed by atoms with Gasteiger partial charge >= 0.3 is 0 Å². The van der Waals surface area contributed by atoms with Gasteiger partial charge in [0.2, 0.25) is 0 Å². The molecule has 0 amide bonds. The lowest BCUT2D eigenvalue weighted by molar-refractivity contribution is -0.445. The molecule has 0 spiro atoms. The summed E-state index contributed by atoms with van der Waals surface area (Å²) in [5.41, 5.74) is 7.98. The maximum absolute atomic E-state index is 9.98. The number of pyridine rings is 2. The van der Waals surface area contributed by atoms with Crippen LogP contribution < -0.4 is 11.2 Å². The SMILES string of the molecule is Nc1cc(Cl)nc(Cl)c1.O=[N+]([O-])Nc1cc(Cl)nc(Cl)c1. The Hall–Kier alpha value is -1.54. The standard InChI is InChI=1S/C5H3Cl2N3O2.C5H4Cl2N2/c6-4-1-3(9-10(11)12)2-5(7)8-4;6-4-1-3(8)2-5(7)9-4/h1-2H,(H,8,9);1-2H,(H2,8,9). The molecule has 0 saturated carbocycles. The molecular weight excluding hydrogens is 364 g/mol. The fourth-order valence-electron chi connectivity index (χ4n) is 1.12. The van der Waals surface area contributed by atoms with Gasteiger partial charge in [-0.3, -0.25) is 0 Å². The van der Waals surface area contributed by atoms with E-state index >= 15 is 0 Å². The molecule has 7 nitrogen and oxygen atoms in total. The molecule has 11 heteroatoms. The van der Waals surface area contributed by atoms with Gasteiger partial charge in [-0.05, 0) is 12.1 Å². The van der Waals surface area contributed by atoms with E-state index in [9.17, 15) is 10.1 Å². The van der Waals surface area contributed by atoms with Gasteiger partial charge in [0.05, 0.1) is 0 Å². The molecule has 2 heterocycles. The van der Waals surface area contributed by atoms with E-state index in [1.165, 1.54) is 24.3 Å². The van der Waals surface area contributed by atoms with Crippen molar-refractivity contribution in [2.45, 2.75) is 0 Å². The zero-order chi connectivity index (χ0) is 16.0. The molecule has 112 valence electrons. The average Bonchev–Trinajstić information content (AvgIpc) is 2.24. The zero-order valence-electron chi connectivity index (χ0n) is 10.1. The molecule has 2 aromatic heterocycles. The van der Waals surface area contributed by atoms with Gasteiger partial charge in [0.15, 0.2) is 5.03 Å². The molecule has 0 unspecified atom stereocenters. The Labute approximate surface area is 139 Å². The summed E-state index contributed by atoms with van der Waals surface area (Å²) in [5, 5.41) is 10.1. The largest absolute Gasteiger partial charge is 0.399 e. The highest BCUT2D eigenvalue weighted by molar-refractivity contribution is 6.33. The number of anilines is 2. The number of nitrogens with two attached hydrogens (primary N) is 1. The highest BCUT2D eigenvalue weighted by Crippen LogP contribution is 2.18. The first-order valence-electron chi connectivity index (χ1n) is 5.09. The molecule has 2 rings (SSSR count). The molecule has 2 aromatic rings. The second-order valence-corrected chi connectivity index (χ2v) is 4.97. The summed E-state index contributed by atoms with van der Waals surface area (Å²) < 4.78 is 0. The van der Waals surface area contributed by atoms with Crippen molar-refractivity contribution in [2.75, 3.05) is 11.2 Å². The molecule has 0 aliphatic rings. The molecule has 21 heavy (non-hydrogen) atoms. The lowest BCUT2D eigenvalue weighted by Gasteiger charge is -1.97. The third-order valence-corrected chi connectivity index (χ3v) is 2.54. The number of nitrogens with one attached hydrogen (secondary N) is 1. The van der Waals surface area contributed by atoms with Crippen LogP contribution in [0.1, 0.15) is 0 Å². The first-order chi connectivity index (χ1) is 9.76. The third kappa shape index (κ3) is 7.14. The molecule has 0 saturated heterocycles. The first kappa shape index (κ1) is 17.5. The Kier molecular flexibility index (Phi) is 6.70. The summed E-state index contributed by atoms with van der Waals surface area (Å²) in [4.78, 5) is 17.3. The quantitative estimate of drug-likeness (QED) is 0.470. The Bertz CT molecular complexity index is 585. The summed E-state index contributed by atoms with van der Waals surface area (Å²) >= 11 is 21.9. The summed E-state index contributed by atoms with van der Waals surface area (Å²) in [5.74, 6) is 0. The third-order valence-electron chi connectivity index (χ3n) is 1.77. The van der Waals surface area contributed by atoms with E-state index < -0.39 is 5.03 Å². The second-order valence-electron chi connectivity index (χ2n) is 3.42. The van der Waals surface area contributed by atoms with E-state index in [0.29, 0.717) is 16.0 Å². The summed E-state index contributed by atoms with van der Waals surface area (Å²) in [6.07, 6.45) is 0.